The van der Waals surface area contributed by atoms with Crippen LogP contribution in [0.3, 0.4) is 0 Å². The molecule has 0 fully saturated rings. The third-order valence-corrected chi connectivity index (χ3v) is 10.0. The molecule has 1 unspecified atom stereocenters. The lowest BCUT2D eigenvalue weighted by Gasteiger charge is -2.30. The summed E-state index contributed by atoms with van der Waals surface area (Å²) in [4.78, 5) is 25.1. The van der Waals surface area contributed by atoms with Gasteiger partial charge in [-0.1, -0.05) is 194 Å². The third-order valence-electron chi connectivity index (χ3n) is 10.0. The summed E-state index contributed by atoms with van der Waals surface area (Å²) in [6, 6.07) is 0. The fraction of sp³-hybridized carbons (Fsp3) is 0.950. The summed E-state index contributed by atoms with van der Waals surface area (Å²) in [6.45, 7) is 8.94. The van der Waals surface area contributed by atoms with Crippen LogP contribution in [0.2, 0.25) is 0 Å². The fourth-order valence-corrected chi connectivity index (χ4v) is 6.63. The summed E-state index contributed by atoms with van der Waals surface area (Å²) < 4.78 is 5.54. The minimum atomic E-state index is -0.342. The molecule has 3 nitrogen and oxygen atoms in total. The number of hydrogen-bond acceptors (Lipinski definition) is 3. The van der Waals surface area contributed by atoms with Gasteiger partial charge in [-0.2, -0.15) is 0 Å². The van der Waals surface area contributed by atoms with Crippen molar-refractivity contribution in [2.75, 3.05) is 6.61 Å². The smallest absolute Gasteiger partial charge is 0.305 e. The summed E-state index contributed by atoms with van der Waals surface area (Å²) in [6.07, 6.45) is 40.3. The molecule has 0 aliphatic heterocycles. The van der Waals surface area contributed by atoms with E-state index in [1.807, 2.05) is 0 Å². The predicted octanol–water partition coefficient (Wildman–Crippen LogP) is 13.6. The van der Waals surface area contributed by atoms with Crippen LogP contribution in [0.15, 0.2) is 0 Å². The minimum absolute atomic E-state index is 0.117. The van der Waals surface area contributed by atoms with Gasteiger partial charge in [0, 0.05) is 11.8 Å². The zero-order valence-electron chi connectivity index (χ0n) is 30.1. The molecule has 43 heavy (non-hydrogen) atoms. The average Bonchev–Trinajstić information content (AvgIpc) is 3.00. The van der Waals surface area contributed by atoms with Crippen LogP contribution < -0.4 is 0 Å². The highest BCUT2D eigenvalue weighted by Crippen LogP contribution is 2.36. The van der Waals surface area contributed by atoms with E-state index in [1.165, 1.54) is 161 Å². The van der Waals surface area contributed by atoms with Crippen LogP contribution in [0, 0.1) is 5.41 Å². The molecule has 0 radical (unpaired) electrons. The van der Waals surface area contributed by atoms with Crippen molar-refractivity contribution in [3.05, 3.63) is 0 Å². The standard InChI is InChI=1S/C40H78O3/c1-5-8-10-12-14-16-18-20-21-22-23-24-26-28-30-32-35-40(7-3,38(4)41)36-34-39(42)43-37-33-31-29-27-25-19-17-15-13-11-9-6-2/h5-37H2,1-4H3. The Bertz CT molecular complexity index is 601. The summed E-state index contributed by atoms with van der Waals surface area (Å²) in [5.74, 6) is 0.138. The van der Waals surface area contributed by atoms with Gasteiger partial charge in [0.2, 0.25) is 0 Å². The molecule has 0 amide bonds. The Labute approximate surface area is 270 Å². The second-order valence-corrected chi connectivity index (χ2v) is 13.9. The fourth-order valence-electron chi connectivity index (χ4n) is 6.63. The summed E-state index contributed by atoms with van der Waals surface area (Å²) in [7, 11) is 0. The topological polar surface area (TPSA) is 43.4 Å². The monoisotopic (exact) mass is 607 g/mol. The SMILES string of the molecule is CCCCCCCCCCCCCCCCCCC(CC)(CCC(=O)OCCCCCCCCCCCCCC)C(C)=O. The van der Waals surface area contributed by atoms with E-state index in [0.29, 0.717) is 19.4 Å². The van der Waals surface area contributed by atoms with Crippen LogP contribution in [-0.4, -0.2) is 18.4 Å². The van der Waals surface area contributed by atoms with Gasteiger partial charge in [-0.15, -0.1) is 0 Å². The number of Topliss-reactive ketones (excluding diaryl/α,β-unsaturated/α-hetero) is 1. The van der Waals surface area contributed by atoms with Gasteiger partial charge < -0.3 is 4.74 Å². The van der Waals surface area contributed by atoms with Gasteiger partial charge in [-0.3, -0.25) is 9.59 Å². The number of hydrogen-bond donors (Lipinski definition) is 0. The van der Waals surface area contributed by atoms with Gasteiger partial charge in [0.15, 0.2) is 0 Å². The maximum Gasteiger partial charge on any atom is 0.305 e. The van der Waals surface area contributed by atoms with Crippen LogP contribution in [0.1, 0.15) is 233 Å². The molecule has 0 bridgehead atoms. The molecule has 0 spiro atoms. The zero-order valence-corrected chi connectivity index (χ0v) is 30.1. The molecule has 0 saturated carbocycles. The molecule has 0 heterocycles. The molecule has 0 saturated heterocycles. The van der Waals surface area contributed by atoms with Crippen LogP contribution in [0.25, 0.3) is 0 Å². The van der Waals surface area contributed by atoms with E-state index in [1.54, 1.807) is 6.92 Å². The second-order valence-electron chi connectivity index (χ2n) is 13.9. The van der Waals surface area contributed by atoms with E-state index in [9.17, 15) is 9.59 Å². The number of esters is 1. The molecule has 0 aromatic heterocycles. The molecular weight excluding hydrogens is 528 g/mol. The highest BCUT2D eigenvalue weighted by Gasteiger charge is 2.33. The molecule has 3 heteroatoms. The maximum absolute atomic E-state index is 12.6. The first-order valence-corrected chi connectivity index (χ1v) is 19.7. The Morgan fingerprint density at radius 1 is 0.442 bits per heavy atom. The first-order valence-electron chi connectivity index (χ1n) is 19.7. The number of carbonyl (C=O) groups excluding carboxylic acids is 2. The number of rotatable bonds is 35. The van der Waals surface area contributed by atoms with E-state index in [0.717, 1.165) is 32.1 Å². The van der Waals surface area contributed by atoms with E-state index >= 15 is 0 Å². The van der Waals surface area contributed by atoms with Crippen molar-refractivity contribution in [1.82, 2.24) is 0 Å². The van der Waals surface area contributed by atoms with Crippen LogP contribution in [0.5, 0.6) is 0 Å². The Morgan fingerprint density at radius 2 is 0.767 bits per heavy atom. The van der Waals surface area contributed by atoms with Gasteiger partial charge in [0.05, 0.1) is 6.61 Å². The maximum atomic E-state index is 12.6. The third kappa shape index (κ3) is 27.2. The molecule has 0 aliphatic rings. The molecule has 0 aromatic carbocycles. The molecule has 256 valence electrons. The van der Waals surface area contributed by atoms with Crippen molar-refractivity contribution in [1.29, 1.82) is 0 Å². The van der Waals surface area contributed by atoms with Crippen LogP contribution >= 0.6 is 0 Å². The Kier molecular flexibility index (Phi) is 31.9. The molecule has 0 rings (SSSR count). The lowest BCUT2D eigenvalue weighted by Crippen LogP contribution is -2.29. The lowest BCUT2D eigenvalue weighted by molar-refractivity contribution is -0.145. The van der Waals surface area contributed by atoms with Crippen LogP contribution in [0.4, 0.5) is 0 Å². The minimum Gasteiger partial charge on any atom is -0.466 e. The largest absolute Gasteiger partial charge is 0.466 e. The van der Waals surface area contributed by atoms with E-state index in [-0.39, 0.29) is 17.2 Å². The van der Waals surface area contributed by atoms with Crippen molar-refractivity contribution >= 4 is 11.8 Å². The van der Waals surface area contributed by atoms with Gasteiger partial charge >= 0.3 is 5.97 Å². The predicted molar refractivity (Wildman–Crippen MR) is 189 cm³/mol. The Balaban J connectivity index is 3.77. The Morgan fingerprint density at radius 3 is 1.09 bits per heavy atom. The number of unbranched alkanes of at least 4 members (excludes halogenated alkanes) is 26. The number of ketones is 1. The van der Waals surface area contributed by atoms with Crippen molar-refractivity contribution in [2.45, 2.75) is 233 Å². The van der Waals surface area contributed by atoms with E-state index in [2.05, 4.69) is 20.8 Å². The average molecular weight is 607 g/mol. The molecule has 0 aliphatic carbocycles. The highest BCUT2D eigenvalue weighted by molar-refractivity contribution is 5.83. The van der Waals surface area contributed by atoms with Gasteiger partial charge in [0.25, 0.3) is 0 Å². The quantitative estimate of drug-likeness (QED) is 0.0532. The first kappa shape index (κ1) is 42.1. The molecule has 0 N–H and O–H groups in total. The van der Waals surface area contributed by atoms with Gasteiger partial charge in [-0.25, -0.2) is 0 Å². The van der Waals surface area contributed by atoms with E-state index in [4.69, 9.17) is 4.74 Å². The molecule has 0 aromatic rings. The molecular formula is C40H78O3. The first-order chi connectivity index (χ1) is 21.0. The van der Waals surface area contributed by atoms with E-state index < -0.39 is 0 Å². The highest BCUT2D eigenvalue weighted by atomic mass is 16.5. The van der Waals surface area contributed by atoms with Crippen LogP contribution in [-0.2, 0) is 14.3 Å². The lowest BCUT2D eigenvalue weighted by atomic mass is 9.73. The van der Waals surface area contributed by atoms with Gasteiger partial charge in [-0.05, 0) is 32.6 Å². The van der Waals surface area contributed by atoms with Gasteiger partial charge in [0.1, 0.15) is 5.78 Å². The van der Waals surface area contributed by atoms with Crippen molar-refractivity contribution in [2.24, 2.45) is 5.41 Å². The van der Waals surface area contributed by atoms with Crippen molar-refractivity contribution in [3.8, 4) is 0 Å². The summed E-state index contributed by atoms with van der Waals surface area (Å²) in [5.41, 5.74) is -0.342. The Hall–Kier alpha value is -0.860. The molecule has 1 atom stereocenters. The second kappa shape index (κ2) is 32.5. The summed E-state index contributed by atoms with van der Waals surface area (Å²) in [5, 5.41) is 0. The summed E-state index contributed by atoms with van der Waals surface area (Å²) >= 11 is 0. The normalized spacial score (nSPS) is 12.8. The van der Waals surface area contributed by atoms with Crippen molar-refractivity contribution in [3.63, 3.8) is 0 Å². The zero-order chi connectivity index (χ0) is 31.7. The number of ether oxygens (including phenoxy) is 1. The van der Waals surface area contributed by atoms with Crippen molar-refractivity contribution < 1.29 is 14.3 Å². The number of carbonyl (C=O) groups is 2.